The summed E-state index contributed by atoms with van der Waals surface area (Å²) in [4.78, 5) is 24.5. The molecule has 2 heterocycles. The van der Waals surface area contributed by atoms with Crippen LogP contribution < -0.4 is 5.32 Å². The molecule has 3 aliphatic rings. The molecule has 9 heteroatoms. The summed E-state index contributed by atoms with van der Waals surface area (Å²) in [6, 6.07) is 16.2. The molecule has 2 unspecified atom stereocenters. The Balaban J connectivity index is 1.23. The molecule has 2 N–H and O–H groups in total. The summed E-state index contributed by atoms with van der Waals surface area (Å²) < 4.78 is 29.0. The Morgan fingerprint density at radius 3 is 2.03 bits per heavy atom. The lowest BCUT2D eigenvalue weighted by Gasteiger charge is -2.25. The number of nitrogens with one attached hydrogen (secondary N) is 1. The fourth-order valence-electron chi connectivity index (χ4n) is 5.35. The van der Waals surface area contributed by atoms with Crippen molar-refractivity contribution in [2.24, 2.45) is 0 Å². The lowest BCUT2D eigenvalue weighted by molar-refractivity contribution is -0.175. The molecule has 0 saturated carbocycles. The second kappa shape index (κ2) is 9.15. The molecular formula is C27H31NO8. The molecule has 36 heavy (non-hydrogen) atoms. The van der Waals surface area contributed by atoms with E-state index < -0.39 is 48.1 Å². The maximum Gasteiger partial charge on any atom is 0.407 e. The molecule has 0 spiro atoms. The number of hydrogen-bond donors (Lipinski definition) is 2. The maximum absolute atomic E-state index is 12.7. The quantitative estimate of drug-likeness (QED) is 0.622. The minimum absolute atomic E-state index is 0.0523. The monoisotopic (exact) mass is 497 g/mol. The third kappa shape index (κ3) is 4.71. The van der Waals surface area contributed by atoms with Gasteiger partial charge in [0.1, 0.15) is 24.9 Å². The second-order valence-electron chi connectivity index (χ2n) is 10.2. The third-order valence-electron chi connectivity index (χ3n) is 6.71. The van der Waals surface area contributed by atoms with Crippen LogP contribution in [0.3, 0.4) is 0 Å². The van der Waals surface area contributed by atoms with Gasteiger partial charge in [-0.25, -0.2) is 9.59 Å². The minimum atomic E-state index is -1.22. The fourth-order valence-corrected chi connectivity index (χ4v) is 5.35. The van der Waals surface area contributed by atoms with E-state index in [-0.39, 0.29) is 19.1 Å². The predicted octanol–water partition coefficient (Wildman–Crippen LogP) is 3.65. The number of carboxylic acid groups (broad SMARTS) is 1. The summed E-state index contributed by atoms with van der Waals surface area (Å²) in [6.45, 7) is 6.98. The van der Waals surface area contributed by atoms with Crippen LogP contribution in [-0.2, 0) is 28.5 Å². The first kappa shape index (κ1) is 24.7. The van der Waals surface area contributed by atoms with Gasteiger partial charge < -0.3 is 34.1 Å². The first-order valence-electron chi connectivity index (χ1n) is 12.1. The first-order valence-corrected chi connectivity index (χ1v) is 12.1. The minimum Gasteiger partial charge on any atom is -0.479 e. The number of aliphatic carboxylic acids is 1. The van der Waals surface area contributed by atoms with Gasteiger partial charge in [-0.3, -0.25) is 0 Å². The van der Waals surface area contributed by atoms with Crippen molar-refractivity contribution in [3.63, 3.8) is 0 Å². The third-order valence-corrected chi connectivity index (χ3v) is 6.71. The van der Waals surface area contributed by atoms with Crippen molar-refractivity contribution < 1.29 is 38.4 Å². The molecule has 5 rings (SSSR count). The summed E-state index contributed by atoms with van der Waals surface area (Å²) >= 11 is 0. The van der Waals surface area contributed by atoms with E-state index in [1.807, 2.05) is 24.3 Å². The van der Waals surface area contributed by atoms with Crippen molar-refractivity contribution in [2.45, 2.75) is 69.6 Å². The van der Waals surface area contributed by atoms with Gasteiger partial charge in [0.25, 0.3) is 0 Å². The summed E-state index contributed by atoms with van der Waals surface area (Å²) in [5.41, 5.74) is 4.56. The van der Waals surface area contributed by atoms with E-state index in [9.17, 15) is 14.7 Å². The molecule has 0 radical (unpaired) electrons. The molecule has 4 atom stereocenters. The van der Waals surface area contributed by atoms with Crippen LogP contribution >= 0.6 is 0 Å². The summed E-state index contributed by atoms with van der Waals surface area (Å²) in [6.07, 6.45) is -4.16. The highest BCUT2D eigenvalue weighted by Gasteiger charge is 2.56. The van der Waals surface area contributed by atoms with Crippen molar-refractivity contribution >= 4 is 12.1 Å². The van der Waals surface area contributed by atoms with Crippen molar-refractivity contribution in [3.8, 4) is 11.1 Å². The Morgan fingerprint density at radius 2 is 1.42 bits per heavy atom. The predicted molar refractivity (Wildman–Crippen MR) is 128 cm³/mol. The van der Waals surface area contributed by atoms with Gasteiger partial charge in [-0.2, -0.15) is 0 Å². The smallest absolute Gasteiger partial charge is 0.407 e. The molecule has 2 fully saturated rings. The van der Waals surface area contributed by atoms with Crippen LogP contribution in [0.5, 0.6) is 0 Å². The maximum atomic E-state index is 12.7. The molecule has 2 aromatic carbocycles. The standard InChI is InChI=1S/C27H31NO8/c1-26(2)33-20(21(34-26)22-23(24(29)30)36-27(3,4)35-22)13-28-25(31)32-14-19-17-11-7-5-9-15(17)16-10-6-8-12-18(16)19/h5-12,19-23H,13-14H2,1-4H3,(H,28,31)(H,29,30)/t20?,21-,22-,23?/m0/s1. The zero-order valence-electron chi connectivity index (χ0n) is 20.7. The fraction of sp³-hybridized carbons (Fsp3) is 0.481. The van der Waals surface area contributed by atoms with Gasteiger partial charge in [0.2, 0.25) is 0 Å². The summed E-state index contributed by atoms with van der Waals surface area (Å²) in [5.74, 6) is -3.28. The van der Waals surface area contributed by atoms with E-state index >= 15 is 0 Å². The van der Waals surface area contributed by atoms with Crippen LogP contribution in [-0.4, -0.2) is 66.3 Å². The zero-order chi connectivity index (χ0) is 25.7. The lowest BCUT2D eigenvalue weighted by atomic mass is 9.98. The molecule has 9 nitrogen and oxygen atoms in total. The average Bonchev–Trinajstić information content (AvgIpc) is 3.44. The van der Waals surface area contributed by atoms with Gasteiger partial charge in [0.15, 0.2) is 17.7 Å². The van der Waals surface area contributed by atoms with Crippen LogP contribution in [0.15, 0.2) is 48.5 Å². The normalized spacial score (nSPS) is 27.9. The van der Waals surface area contributed by atoms with Crippen LogP contribution in [0.1, 0.15) is 44.7 Å². The van der Waals surface area contributed by atoms with Gasteiger partial charge in [-0.05, 0) is 49.9 Å². The summed E-state index contributed by atoms with van der Waals surface area (Å²) in [5, 5.41) is 12.4. The number of rotatable bonds is 6. The number of hydrogen-bond acceptors (Lipinski definition) is 7. The molecular weight excluding hydrogens is 466 g/mol. The van der Waals surface area contributed by atoms with Crippen LogP contribution in [0, 0.1) is 0 Å². The second-order valence-corrected chi connectivity index (χ2v) is 10.2. The number of fused-ring (bicyclic) bond motifs is 3. The Morgan fingerprint density at radius 1 is 0.861 bits per heavy atom. The van der Waals surface area contributed by atoms with Crippen molar-refractivity contribution in [3.05, 3.63) is 59.7 Å². The van der Waals surface area contributed by atoms with E-state index in [4.69, 9.17) is 23.7 Å². The number of alkyl carbamates (subject to hydrolysis) is 1. The molecule has 1 amide bonds. The SMILES string of the molecule is CC1(C)OC(C(=O)O)[C@H]([C@H]2OC(C)(C)OC2CNC(=O)OCC2c3ccccc3-c3ccccc32)O1. The first-order chi connectivity index (χ1) is 17.0. The highest BCUT2D eigenvalue weighted by atomic mass is 16.8. The number of amides is 1. The van der Waals surface area contributed by atoms with Gasteiger partial charge in [-0.15, -0.1) is 0 Å². The van der Waals surface area contributed by atoms with Crippen molar-refractivity contribution in [1.82, 2.24) is 5.32 Å². The highest BCUT2D eigenvalue weighted by molar-refractivity contribution is 5.79. The van der Waals surface area contributed by atoms with Crippen molar-refractivity contribution in [1.29, 1.82) is 0 Å². The Labute approximate surface area is 209 Å². The Hall–Kier alpha value is -2.98. The average molecular weight is 498 g/mol. The Kier molecular flexibility index (Phi) is 6.28. The van der Waals surface area contributed by atoms with E-state index in [1.165, 1.54) is 0 Å². The number of carbonyl (C=O) groups is 2. The topological polar surface area (TPSA) is 113 Å². The number of carbonyl (C=O) groups excluding carboxylic acids is 1. The molecule has 0 aromatic heterocycles. The zero-order valence-corrected chi connectivity index (χ0v) is 20.7. The molecule has 2 aromatic rings. The van der Waals surface area contributed by atoms with Crippen LogP contribution in [0.2, 0.25) is 0 Å². The molecule has 2 saturated heterocycles. The molecule has 2 aliphatic heterocycles. The lowest BCUT2D eigenvalue weighted by Crippen LogP contribution is -2.48. The van der Waals surface area contributed by atoms with Gasteiger partial charge in [0.05, 0.1) is 0 Å². The van der Waals surface area contributed by atoms with E-state index in [0.717, 1.165) is 22.3 Å². The molecule has 1 aliphatic carbocycles. The van der Waals surface area contributed by atoms with E-state index in [1.54, 1.807) is 27.7 Å². The van der Waals surface area contributed by atoms with Crippen molar-refractivity contribution in [2.75, 3.05) is 13.2 Å². The van der Waals surface area contributed by atoms with Crippen LogP contribution in [0.4, 0.5) is 4.79 Å². The van der Waals surface area contributed by atoms with Crippen LogP contribution in [0.25, 0.3) is 11.1 Å². The molecule has 192 valence electrons. The number of benzene rings is 2. The highest BCUT2D eigenvalue weighted by Crippen LogP contribution is 2.44. The van der Waals surface area contributed by atoms with Gasteiger partial charge in [-0.1, -0.05) is 48.5 Å². The number of carboxylic acids is 1. The van der Waals surface area contributed by atoms with E-state index in [0.29, 0.717) is 0 Å². The Bertz CT molecular complexity index is 1120. The van der Waals surface area contributed by atoms with Gasteiger partial charge in [0, 0.05) is 12.5 Å². The largest absolute Gasteiger partial charge is 0.479 e. The van der Waals surface area contributed by atoms with Gasteiger partial charge >= 0.3 is 12.1 Å². The van der Waals surface area contributed by atoms with E-state index in [2.05, 4.69) is 29.6 Å². The summed E-state index contributed by atoms with van der Waals surface area (Å²) in [7, 11) is 0. The molecule has 0 bridgehead atoms. The number of ether oxygens (including phenoxy) is 5.